The van der Waals surface area contributed by atoms with Crippen LogP contribution in [-0.2, 0) is 32.8 Å². The number of methoxy groups -OCH3 is 1. The normalized spacial score (nSPS) is 15.5. The van der Waals surface area contributed by atoms with Crippen molar-refractivity contribution in [3.8, 4) is 5.88 Å². The van der Waals surface area contributed by atoms with Gasteiger partial charge in [0, 0.05) is 45.7 Å². The Labute approximate surface area is 193 Å². The van der Waals surface area contributed by atoms with Crippen molar-refractivity contribution in [1.82, 2.24) is 25.8 Å². The van der Waals surface area contributed by atoms with Crippen LogP contribution in [0.4, 0.5) is 0 Å². The zero-order valence-electron chi connectivity index (χ0n) is 19.4. The van der Waals surface area contributed by atoms with Crippen LogP contribution in [0.2, 0.25) is 0 Å². The van der Waals surface area contributed by atoms with Crippen molar-refractivity contribution in [3.05, 3.63) is 35.6 Å². The summed E-state index contributed by atoms with van der Waals surface area (Å²) in [5.74, 6) is 1.19. The summed E-state index contributed by atoms with van der Waals surface area (Å²) >= 11 is 0. The number of carbonyl (C=O) groups excluding carboxylic acids is 2. The van der Waals surface area contributed by atoms with Crippen molar-refractivity contribution in [1.29, 1.82) is 0 Å². The first-order valence-electron chi connectivity index (χ1n) is 11.5. The molecule has 1 saturated carbocycles. The van der Waals surface area contributed by atoms with Gasteiger partial charge in [-0.3, -0.25) is 9.59 Å². The molecular formula is C23H33N5O5. The van der Waals surface area contributed by atoms with Gasteiger partial charge in [-0.25, -0.2) is 4.98 Å². The Balaban J connectivity index is 1.48. The summed E-state index contributed by atoms with van der Waals surface area (Å²) in [5, 5.41) is 10.1. The minimum Gasteiger partial charge on any atom is -0.475 e. The van der Waals surface area contributed by atoms with Crippen LogP contribution >= 0.6 is 0 Å². The number of carbonyl (C=O) groups is 2. The fourth-order valence-corrected chi connectivity index (χ4v) is 3.96. The second-order valence-electron chi connectivity index (χ2n) is 8.31. The molecule has 3 rings (SSSR count). The third-order valence-corrected chi connectivity index (χ3v) is 5.66. The average Bonchev–Trinajstić information content (AvgIpc) is 3.17. The number of hydrogen-bond donors (Lipinski definition) is 2. The van der Waals surface area contributed by atoms with Gasteiger partial charge < -0.3 is 24.6 Å². The molecule has 0 saturated heterocycles. The maximum absolute atomic E-state index is 12.3. The van der Waals surface area contributed by atoms with Gasteiger partial charge in [0.15, 0.2) is 5.82 Å². The minimum atomic E-state index is -0.585. The second kappa shape index (κ2) is 12.3. The Morgan fingerprint density at radius 2 is 1.94 bits per heavy atom. The Bertz CT molecular complexity index is 891. The number of hydrogen-bond acceptors (Lipinski definition) is 8. The van der Waals surface area contributed by atoms with E-state index in [0.29, 0.717) is 43.8 Å². The van der Waals surface area contributed by atoms with E-state index in [9.17, 15) is 9.59 Å². The predicted octanol–water partition coefficient (Wildman–Crippen LogP) is 2.42. The van der Waals surface area contributed by atoms with Gasteiger partial charge in [-0.05, 0) is 18.4 Å². The molecule has 0 atom stereocenters. The number of amides is 2. The van der Waals surface area contributed by atoms with E-state index in [0.717, 1.165) is 44.1 Å². The summed E-state index contributed by atoms with van der Waals surface area (Å²) in [7, 11) is 1.61. The first kappa shape index (κ1) is 24.6. The molecule has 0 radical (unpaired) electrons. The third-order valence-electron chi connectivity index (χ3n) is 5.66. The van der Waals surface area contributed by atoms with Gasteiger partial charge in [0.2, 0.25) is 23.6 Å². The standard InChI is InChI=1S/C23H33N5O5/c1-17(29)27-23(11-5-3-4-6-12-23)22-26-21(33-28-22)10-8-19(30)24-15-18-7-9-20(25-16-18)32-14-13-31-2/h7,9,16H,3-6,8,10-15H2,1-2H3,(H,24,30)(H,27,29). The fourth-order valence-electron chi connectivity index (χ4n) is 3.96. The Morgan fingerprint density at radius 1 is 1.15 bits per heavy atom. The molecule has 2 aromatic heterocycles. The van der Waals surface area contributed by atoms with Crippen molar-refractivity contribution < 1.29 is 23.6 Å². The first-order valence-corrected chi connectivity index (χ1v) is 11.5. The van der Waals surface area contributed by atoms with Gasteiger partial charge >= 0.3 is 0 Å². The smallest absolute Gasteiger partial charge is 0.227 e. The van der Waals surface area contributed by atoms with Crippen LogP contribution in [0.1, 0.15) is 69.1 Å². The number of aryl methyl sites for hydroxylation is 1. The van der Waals surface area contributed by atoms with Crippen molar-refractivity contribution in [2.45, 2.75) is 70.4 Å². The van der Waals surface area contributed by atoms with Gasteiger partial charge in [0.05, 0.1) is 6.61 Å². The molecule has 0 spiro atoms. The summed E-state index contributed by atoms with van der Waals surface area (Å²) in [4.78, 5) is 32.8. The topological polar surface area (TPSA) is 128 Å². The zero-order valence-corrected chi connectivity index (χ0v) is 19.4. The molecule has 2 heterocycles. The number of aromatic nitrogens is 3. The van der Waals surface area contributed by atoms with E-state index in [4.69, 9.17) is 14.0 Å². The summed E-state index contributed by atoms with van der Waals surface area (Å²) < 4.78 is 15.8. The largest absolute Gasteiger partial charge is 0.475 e. The van der Waals surface area contributed by atoms with Crippen molar-refractivity contribution in [3.63, 3.8) is 0 Å². The lowest BCUT2D eigenvalue weighted by molar-refractivity contribution is -0.122. The van der Waals surface area contributed by atoms with Crippen LogP contribution in [0.5, 0.6) is 5.88 Å². The lowest BCUT2D eigenvalue weighted by Crippen LogP contribution is -2.45. The lowest BCUT2D eigenvalue weighted by Gasteiger charge is -2.30. The molecule has 0 bridgehead atoms. The third kappa shape index (κ3) is 7.52. The van der Waals surface area contributed by atoms with E-state index in [2.05, 4.69) is 25.8 Å². The Morgan fingerprint density at radius 3 is 2.61 bits per heavy atom. The number of nitrogens with zero attached hydrogens (tertiary/aromatic N) is 3. The molecule has 1 aliphatic carbocycles. The molecule has 1 fully saturated rings. The SMILES string of the molecule is COCCOc1ccc(CNC(=O)CCc2nc(C3(NC(C)=O)CCCCCC3)no2)cn1. The number of pyridine rings is 1. The van der Waals surface area contributed by atoms with Crippen LogP contribution in [0.15, 0.2) is 22.9 Å². The molecular weight excluding hydrogens is 426 g/mol. The van der Waals surface area contributed by atoms with Crippen LogP contribution in [0.3, 0.4) is 0 Å². The van der Waals surface area contributed by atoms with E-state index in [1.165, 1.54) is 6.92 Å². The van der Waals surface area contributed by atoms with Gasteiger partial charge in [-0.2, -0.15) is 4.98 Å². The molecule has 2 amide bonds. The van der Waals surface area contributed by atoms with E-state index in [-0.39, 0.29) is 18.2 Å². The molecule has 2 N–H and O–H groups in total. The fraction of sp³-hybridized carbons (Fsp3) is 0.609. The number of rotatable bonds is 11. The first-order chi connectivity index (χ1) is 16.0. The summed E-state index contributed by atoms with van der Waals surface area (Å²) in [5.41, 5.74) is 0.284. The highest BCUT2D eigenvalue weighted by Gasteiger charge is 2.38. The van der Waals surface area contributed by atoms with Crippen molar-refractivity contribution >= 4 is 11.8 Å². The van der Waals surface area contributed by atoms with E-state index >= 15 is 0 Å². The van der Waals surface area contributed by atoms with E-state index in [1.54, 1.807) is 19.4 Å². The maximum atomic E-state index is 12.3. The van der Waals surface area contributed by atoms with Crippen LogP contribution in [0, 0.1) is 0 Å². The highest BCUT2D eigenvalue weighted by atomic mass is 16.5. The Kier molecular flexibility index (Phi) is 9.17. The molecule has 180 valence electrons. The van der Waals surface area contributed by atoms with Crippen LogP contribution in [0.25, 0.3) is 0 Å². The molecule has 10 nitrogen and oxygen atoms in total. The van der Waals surface area contributed by atoms with Crippen LogP contribution in [-0.4, -0.2) is 47.3 Å². The summed E-state index contributed by atoms with van der Waals surface area (Å²) in [6, 6.07) is 3.61. The molecule has 0 aliphatic heterocycles. The van der Waals surface area contributed by atoms with Crippen molar-refractivity contribution in [2.24, 2.45) is 0 Å². The van der Waals surface area contributed by atoms with Gasteiger partial charge in [0.25, 0.3) is 0 Å². The summed E-state index contributed by atoms with van der Waals surface area (Å²) in [6.07, 6.45) is 8.06. The van der Waals surface area contributed by atoms with E-state index in [1.807, 2.05) is 6.07 Å². The minimum absolute atomic E-state index is 0.105. The molecule has 0 unspecified atom stereocenters. The van der Waals surface area contributed by atoms with Gasteiger partial charge in [-0.15, -0.1) is 0 Å². The van der Waals surface area contributed by atoms with Gasteiger partial charge in [-0.1, -0.05) is 36.9 Å². The summed E-state index contributed by atoms with van der Waals surface area (Å²) in [6.45, 7) is 2.80. The van der Waals surface area contributed by atoms with E-state index < -0.39 is 5.54 Å². The quantitative estimate of drug-likeness (QED) is 0.387. The van der Waals surface area contributed by atoms with Crippen molar-refractivity contribution in [2.75, 3.05) is 20.3 Å². The molecule has 10 heteroatoms. The maximum Gasteiger partial charge on any atom is 0.227 e. The monoisotopic (exact) mass is 459 g/mol. The predicted molar refractivity (Wildman–Crippen MR) is 119 cm³/mol. The number of ether oxygens (including phenoxy) is 2. The van der Waals surface area contributed by atoms with Gasteiger partial charge in [0.1, 0.15) is 12.1 Å². The molecule has 0 aromatic carbocycles. The average molecular weight is 460 g/mol. The number of nitrogens with one attached hydrogen (secondary N) is 2. The molecule has 1 aliphatic rings. The Hall–Kier alpha value is -3.01. The molecule has 33 heavy (non-hydrogen) atoms. The highest BCUT2D eigenvalue weighted by Crippen LogP contribution is 2.34. The second-order valence-corrected chi connectivity index (χ2v) is 8.31. The molecule has 2 aromatic rings. The highest BCUT2D eigenvalue weighted by molar-refractivity contribution is 5.76. The zero-order chi connectivity index (χ0) is 23.5. The van der Waals surface area contributed by atoms with Crippen LogP contribution < -0.4 is 15.4 Å². The lowest BCUT2D eigenvalue weighted by atomic mass is 9.89.